The van der Waals surface area contributed by atoms with Gasteiger partial charge in [0.2, 0.25) is 5.78 Å². The molecule has 2 fully saturated rings. The number of nitrogens with zero attached hydrogens (tertiary/aromatic N) is 7. The molecule has 67 heavy (non-hydrogen) atoms. The van der Waals surface area contributed by atoms with E-state index in [-0.39, 0.29) is 76.8 Å². The molecule has 22 heteroatoms. The number of imidazole rings is 3. The van der Waals surface area contributed by atoms with Crippen molar-refractivity contribution < 1.29 is 81.3 Å². The van der Waals surface area contributed by atoms with Crippen LogP contribution in [0.25, 0.3) is 16.9 Å². The molecule has 0 aliphatic carbocycles. The zero-order valence-electron chi connectivity index (χ0n) is 36.9. The number of anilines is 1. The van der Waals surface area contributed by atoms with Gasteiger partial charge in [0.15, 0.2) is 29.4 Å². The van der Waals surface area contributed by atoms with E-state index in [1.54, 1.807) is 31.6 Å². The number of rotatable bonds is 6. The number of nitrogens with two attached hydrogens (primary N) is 1. The number of alkyl halides is 1. The van der Waals surface area contributed by atoms with Gasteiger partial charge in [0.05, 0.1) is 24.2 Å². The van der Waals surface area contributed by atoms with Crippen molar-refractivity contribution in [1.82, 2.24) is 33.1 Å². The summed E-state index contributed by atoms with van der Waals surface area (Å²) >= 11 is 1.40. The Hall–Kier alpha value is -4.89. The fraction of sp³-hybridized carbons (Fsp3) is 0.333. The zero-order chi connectivity index (χ0) is 46.1. The molecule has 0 spiro atoms. The van der Waals surface area contributed by atoms with Crippen LogP contribution in [-0.4, -0.2) is 118 Å². The van der Waals surface area contributed by atoms with Crippen LogP contribution in [0, 0.1) is 0 Å². The molecule has 2 aliphatic rings. The molecule has 0 radical (unpaired) electrons. The van der Waals surface area contributed by atoms with Gasteiger partial charge in [-0.15, -0.1) is 0 Å². The van der Waals surface area contributed by atoms with Crippen molar-refractivity contribution in [1.29, 1.82) is 0 Å². The Morgan fingerprint density at radius 2 is 1.25 bits per heavy atom. The molecular weight excluding hydrogens is 981 g/mol. The molecule has 0 saturated carbocycles. The first-order valence-corrected chi connectivity index (χ1v) is 21.5. The number of halogens is 1. The van der Waals surface area contributed by atoms with Gasteiger partial charge < -0.3 is 39.7 Å². The number of aliphatic hydroxyl groups is 1. The number of hydrogen-bond acceptors (Lipinski definition) is 15. The first-order valence-electron chi connectivity index (χ1n) is 19.4. The van der Waals surface area contributed by atoms with E-state index in [0.29, 0.717) is 22.9 Å². The molecule has 0 aromatic carbocycles. The number of fused-ring (bicyclic) bond motifs is 3. The molecule has 2 saturated heterocycles. The third-order valence-electron chi connectivity index (χ3n) is 7.77. The molecule has 0 bridgehead atoms. The molecule has 7 aromatic rings. The summed E-state index contributed by atoms with van der Waals surface area (Å²) in [5, 5.41) is 8.80. The number of aromatic nitrogens is 7. The van der Waals surface area contributed by atoms with E-state index in [2.05, 4.69) is 40.6 Å². The van der Waals surface area contributed by atoms with Crippen LogP contribution >= 0.6 is 15.9 Å². The topological polar surface area (TPSA) is 241 Å². The Kier molecular flexibility index (Phi) is 40.9. The van der Waals surface area contributed by atoms with Crippen LogP contribution in [0.3, 0.4) is 0 Å². The van der Waals surface area contributed by atoms with Gasteiger partial charge in [0.25, 0.3) is 0 Å². The average Bonchev–Trinajstić information content (AvgIpc) is 4.18. The van der Waals surface area contributed by atoms with Gasteiger partial charge in [-0.05, 0) is 81.1 Å². The predicted octanol–water partition coefficient (Wildman–Crippen LogP) is 3.25. The predicted molar refractivity (Wildman–Crippen MR) is 257 cm³/mol. The number of nitrogen functional groups attached to an aromatic ring is 1. The average molecular weight is 1040 g/mol. The number of pyridine rings is 4. The molecule has 0 unspecified atom stereocenters. The van der Waals surface area contributed by atoms with Crippen LogP contribution in [-0.2, 0) is 52.9 Å². The Labute approximate surface area is 429 Å². The first kappa shape index (κ1) is 66.4. The molecule has 0 amide bonds. The minimum atomic E-state index is -1.44. The normalized spacial score (nSPS) is 11.1. The summed E-state index contributed by atoms with van der Waals surface area (Å²) in [5.41, 5.74) is 9.42. The summed E-state index contributed by atoms with van der Waals surface area (Å²) in [5.74, 6) is -0.743. The Morgan fingerprint density at radius 3 is 1.58 bits per heavy atom. The van der Waals surface area contributed by atoms with Gasteiger partial charge in [-0.2, -0.15) is 0 Å². The standard InChI is InChI=1S/C9H8N2O.C8H8N2O.C8H6N2O.C5H7BrO3.C5H6N2.2C4H8O.2CH4.Al.Li.Mn.2O.4H/c1-7(12)8-6-11-5-3-2-4-9(11)10-8;2*11-6-7-5-10-4-2-1-3-8(10)9-7;1-2-9-5(8)4(7)3-6;6-5-3-1-2-4-7-5;2*1-2-4-5-3-1;;;;;;;;;;;/h2-6H,1H3;1-5,11H,6H2;1-6H;2-3H2,1H3;1-4H,(H2,6,7);2*1-4H2;2*1H4;;;;;;;;;/q;;;;;;;;;;+1;;;;;;;-1. The van der Waals surface area contributed by atoms with Crippen LogP contribution in [0.4, 0.5) is 5.82 Å². The summed E-state index contributed by atoms with van der Waals surface area (Å²) < 4.78 is 36.6. The molecule has 9 heterocycles. The summed E-state index contributed by atoms with van der Waals surface area (Å²) in [4.78, 5) is 58.0. The monoisotopic (exact) mass is 1040 g/mol. The number of ether oxygens (including phenoxy) is 3. The maximum atomic E-state index is 10.9. The zero-order valence-corrected chi connectivity index (χ0v) is 38.7. The number of carbonyl (C=O) groups excluding carboxylic acids is 4. The third kappa shape index (κ3) is 28.1. The maximum absolute atomic E-state index is 10.9. The Balaban J connectivity index is -0.000000350. The molecule has 7 aromatic heterocycles. The van der Waals surface area contributed by atoms with Crippen molar-refractivity contribution in [3.63, 3.8) is 0 Å². The van der Waals surface area contributed by atoms with E-state index >= 15 is 0 Å². The number of hydrogen-bond donors (Lipinski definition) is 2. The Morgan fingerprint density at radius 1 is 0.791 bits per heavy atom. The summed E-state index contributed by atoms with van der Waals surface area (Å²) in [6.45, 7) is 7.42. The van der Waals surface area contributed by atoms with Crippen LogP contribution in [0.2, 0.25) is 0 Å². The van der Waals surface area contributed by atoms with Crippen molar-refractivity contribution in [2.45, 2.75) is 61.0 Å². The molecule has 3 N–H and O–H groups in total. The second-order valence-electron chi connectivity index (χ2n) is 12.5. The number of esters is 1. The van der Waals surface area contributed by atoms with E-state index in [1.165, 1.54) is 32.6 Å². The van der Waals surface area contributed by atoms with Gasteiger partial charge in [0.1, 0.15) is 34.1 Å². The quantitative estimate of drug-likeness (QED) is 0.0607. The molecular formula is C45H63AlBrLiMnN8O10. The number of aliphatic hydroxyl groups excluding tert-OH is 1. The summed E-state index contributed by atoms with van der Waals surface area (Å²) in [6.07, 6.45) is 18.4. The number of carbonyl (C=O) groups is 4. The molecule has 2 aliphatic heterocycles. The van der Waals surface area contributed by atoms with Gasteiger partial charge in [0, 0.05) is 76.7 Å². The van der Waals surface area contributed by atoms with E-state index in [0.717, 1.165) is 49.7 Å². The van der Waals surface area contributed by atoms with E-state index in [4.69, 9.17) is 28.0 Å². The fourth-order valence-electron chi connectivity index (χ4n) is 4.84. The van der Waals surface area contributed by atoms with Crippen molar-refractivity contribution in [2.75, 3.05) is 44.1 Å². The second-order valence-corrected chi connectivity index (χ2v) is 13.2. The summed E-state index contributed by atoms with van der Waals surface area (Å²) in [6, 6.07) is 22.5. The molecule has 361 valence electrons. The van der Waals surface area contributed by atoms with Crippen LogP contribution in [0.5, 0.6) is 0 Å². The van der Waals surface area contributed by atoms with Crippen LogP contribution in [0.15, 0.2) is 116 Å². The van der Waals surface area contributed by atoms with Crippen molar-refractivity contribution in [2.24, 2.45) is 0 Å². The minimum absolute atomic E-state index is 0. The molecule has 9 rings (SSSR count). The molecule has 18 nitrogen and oxygen atoms in total. The van der Waals surface area contributed by atoms with Crippen LogP contribution < -0.4 is 24.6 Å². The second kappa shape index (κ2) is 41.3. The SMILES string of the molecule is C.C.C1CCOC1.C1CCOC1.CC(=O)c1cn2ccccc2n1.CCOC(=O)C(=O)CBr.Nc1ccccn1.O=Cc1cn2ccccc2n1.OCc1cn2ccccc2n1.[AlH3].[H-].[Li+].[O]=[Mn]=[O]. The van der Waals surface area contributed by atoms with E-state index < -0.39 is 26.6 Å². The molecule has 0 atom stereocenters. The van der Waals surface area contributed by atoms with Gasteiger partial charge in [-0.25, -0.2) is 24.7 Å². The van der Waals surface area contributed by atoms with Crippen molar-refractivity contribution in [3.8, 4) is 0 Å². The third-order valence-corrected chi connectivity index (χ3v) is 8.28. The number of ketones is 2. The Bertz CT molecular complexity index is 2310. The van der Waals surface area contributed by atoms with E-state index in [1.807, 2.05) is 105 Å². The van der Waals surface area contributed by atoms with Gasteiger partial charge in [-0.1, -0.05) is 55.0 Å². The van der Waals surface area contributed by atoms with Gasteiger partial charge >= 0.3 is 47.3 Å². The number of aldehydes is 1. The first-order chi connectivity index (χ1) is 30.6. The van der Waals surface area contributed by atoms with Gasteiger partial charge in [-0.3, -0.25) is 14.4 Å². The van der Waals surface area contributed by atoms with Crippen molar-refractivity contribution >= 4 is 79.9 Å². The number of Topliss-reactive ketones (excluding diaryl/α,β-unsaturated/α-hetero) is 2. The fourth-order valence-corrected chi connectivity index (χ4v) is 5.07. The van der Waals surface area contributed by atoms with Crippen molar-refractivity contribution in [3.05, 3.63) is 133 Å². The van der Waals surface area contributed by atoms with Crippen LogP contribution in [0.1, 0.15) is 82.5 Å². The van der Waals surface area contributed by atoms with E-state index in [9.17, 15) is 19.2 Å². The summed E-state index contributed by atoms with van der Waals surface area (Å²) in [7, 11) is 0.